The number of fused-ring (bicyclic) bond motifs is 2. The summed E-state index contributed by atoms with van der Waals surface area (Å²) in [5.74, 6) is 0.607. The molecule has 1 aliphatic rings. The molecule has 8 heteroatoms. The molecular formula is C33H37N3O4S. The molecule has 0 aliphatic carbocycles. The molecule has 4 aromatic rings. The van der Waals surface area contributed by atoms with Crippen molar-refractivity contribution < 1.29 is 17.9 Å². The first-order valence-corrected chi connectivity index (χ1v) is 15.6. The lowest BCUT2D eigenvalue weighted by molar-refractivity contribution is -0.122. The second kappa shape index (κ2) is 12.9. The topological polar surface area (TPSA) is 96.5 Å². The Kier molecular flexibility index (Phi) is 9.03. The van der Waals surface area contributed by atoms with E-state index in [2.05, 4.69) is 35.3 Å². The van der Waals surface area contributed by atoms with Gasteiger partial charge in [0.2, 0.25) is 15.9 Å². The summed E-state index contributed by atoms with van der Waals surface area (Å²) in [5, 5.41) is 8.39. The maximum Gasteiger partial charge on any atom is 0.241 e. The Morgan fingerprint density at radius 1 is 0.927 bits per heavy atom. The Balaban J connectivity index is 1.33. The standard InChI is InChI=1S/C33H37N3O4S/c1-23(2)34-19-17-26-13-8-14-29-30(18-20-40-33(26)29)35-32(37)22-31(25-10-4-3-5-11-25)36-41(38,39)28-16-15-24-9-6-7-12-27(24)21-28/h3-16,21,23,30-31,34,36H,17-20,22H2,1-2H3,(H,35,37). The Bertz CT molecular complexity index is 1610. The van der Waals surface area contributed by atoms with Gasteiger partial charge in [0.15, 0.2) is 0 Å². The Labute approximate surface area is 242 Å². The number of hydrogen-bond acceptors (Lipinski definition) is 5. The van der Waals surface area contributed by atoms with Crippen molar-refractivity contribution in [3.63, 3.8) is 0 Å². The molecule has 3 N–H and O–H groups in total. The number of amides is 1. The van der Waals surface area contributed by atoms with E-state index < -0.39 is 16.1 Å². The average Bonchev–Trinajstić information content (AvgIpc) is 2.97. The molecule has 41 heavy (non-hydrogen) atoms. The fourth-order valence-electron chi connectivity index (χ4n) is 5.27. The SMILES string of the molecule is CC(C)NCCc1cccc2c1OCCC2NC(=O)CC(NS(=O)(=O)c1ccc2ccccc2c1)c1ccccc1. The Hall–Kier alpha value is -3.72. The minimum Gasteiger partial charge on any atom is -0.493 e. The highest BCUT2D eigenvalue weighted by Gasteiger charge is 2.28. The van der Waals surface area contributed by atoms with Crippen LogP contribution in [0.4, 0.5) is 0 Å². The number of hydrogen-bond donors (Lipinski definition) is 3. The quantitative estimate of drug-likeness (QED) is 0.223. The van der Waals surface area contributed by atoms with E-state index in [-0.39, 0.29) is 23.3 Å². The molecule has 0 saturated carbocycles. The van der Waals surface area contributed by atoms with Crippen molar-refractivity contribution in [1.29, 1.82) is 0 Å². The molecule has 5 rings (SSSR count). The van der Waals surface area contributed by atoms with Crippen LogP contribution in [-0.4, -0.2) is 33.5 Å². The van der Waals surface area contributed by atoms with Crippen molar-refractivity contribution in [2.75, 3.05) is 13.2 Å². The minimum atomic E-state index is -3.90. The molecule has 7 nitrogen and oxygen atoms in total. The number of rotatable bonds is 11. The van der Waals surface area contributed by atoms with Crippen LogP contribution in [0.1, 0.15) is 55.5 Å². The van der Waals surface area contributed by atoms with Gasteiger partial charge in [-0.05, 0) is 47.0 Å². The molecule has 2 unspecified atom stereocenters. The van der Waals surface area contributed by atoms with Gasteiger partial charge >= 0.3 is 0 Å². The third-order valence-electron chi connectivity index (χ3n) is 7.36. The molecule has 1 amide bonds. The first-order valence-electron chi connectivity index (χ1n) is 14.1. The molecule has 4 aromatic carbocycles. The van der Waals surface area contributed by atoms with Crippen LogP contribution in [0.3, 0.4) is 0 Å². The largest absolute Gasteiger partial charge is 0.493 e. The molecule has 0 spiro atoms. The van der Waals surface area contributed by atoms with Gasteiger partial charge in [-0.1, -0.05) is 92.7 Å². The van der Waals surface area contributed by atoms with Crippen LogP contribution in [0.5, 0.6) is 5.75 Å². The number of benzene rings is 4. The molecule has 2 atom stereocenters. The molecule has 0 radical (unpaired) electrons. The van der Waals surface area contributed by atoms with E-state index in [1.54, 1.807) is 18.2 Å². The van der Waals surface area contributed by atoms with Gasteiger partial charge in [-0.3, -0.25) is 4.79 Å². The van der Waals surface area contributed by atoms with Crippen molar-refractivity contribution in [3.8, 4) is 5.75 Å². The Morgan fingerprint density at radius 2 is 1.68 bits per heavy atom. The number of nitrogens with one attached hydrogen (secondary N) is 3. The van der Waals surface area contributed by atoms with Crippen molar-refractivity contribution in [1.82, 2.24) is 15.4 Å². The van der Waals surface area contributed by atoms with Crippen LogP contribution in [0.25, 0.3) is 10.8 Å². The maximum absolute atomic E-state index is 13.5. The normalized spacial score (nSPS) is 15.7. The van der Waals surface area contributed by atoms with E-state index in [1.165, 1.54) is 0 Å². The monoisotopic (exact) mass is 571 g/mol. The number of sulfonamides is 1. The highest BCUT2D eigenvalue weighted by Crippen LogP contribution is 2.35. The molecular weight excluding hydrogens is 534 g/mol. The molecule has 0 fully saturated rings. The molecule has 0 saturated heterocycles. The van der Waals surface area contributed by atoms with Crippen LogP contribution < -0.4 is 20.1 Å². The third-order valence-corrected chi connectivity index (χ3v) is 8.83. The van der Waals surface area contributed by atoms with E-state index in [1.807, 2.05) is 66.7 Å². The van der Waals surface area contributed by atoms with Crippen LogP contribution >= 0.6 is 0 Å². The van der Waals surface area contributed by atoms with Gasteiger partial charge in [-0.2, -0.15) is 0 Å². The second-order valence-corrected chi connectivity index (χ2v) is 12.5. The zero-order valence-electron chi connectivity index (χ0n) is 23.5. The lowest BCUT2D eigenvalue weighted by atomic mass is 9.95. The number of carbonyl (C=O) groups excluding carboxylic acids is 1. The van der Waals surface area contributed by atoms with E-state index in [0.29, 0.717) is 19.1 Å². The van der Waals surface area contributed by atoms with Crippen LogP contribution in [0.15, 0.2) is 95.9 Å². The summed E-state index contributed by atoms with van der Waals surface area (Å²) in [7, 11) is -3.90. The maximum atomic E-state index is 13.5. The van der Waals surface area contributed by atoms with Crippen LogP contribution in [0, 0.1) is 0 Å². The lowest BCUT2D eigenvalue weighted by Gasteiger charge is -2.29. The van der Waals surface area contributed by atoms with Gasteiger partial charge in [-0.25, -0.2) is 13.1 Å². The highest BCUT2D eigenvalue weighted by molar-refractivity contribution is 7.89. The average molecular weight is 572 g/mol. The molecule has 0 aromatic heterocycles. The summed E-state index contributed by atoms with van der Waals surface area (Å²) in [5.41, 5.74) is 2.79. The minimum absolute atomic E-state index is 0.0402. The van der Waals surface area contributed by atoms with Gasteiger partial charge in [0.1, 0.15) is 5.75 Å². The van der Waals surface area contributed by atoms with Gasteiger partial charge in [0.25, 0.3) is 0 Å². The number of para-hydroxylation sites is 1. The highest BCUT2D eigenvalue weighted by atomic mass is 32.2. The second-order valence-electron chi connectivity index (χ2n) is 10.7. The third kappa shape index (κ3) is 7.14. The van der Waals surface area contributed by atoms with E-state index in [4.69, 9.17) is 4.74 Å². The van der Waals surface area contributed by atoms with Crippen molar-refractivity contribution in [2.45, 2.75) is 56.1 Å². The number of carbonyl (C=O) groups is 1. The summed E-state index contributed by atoms with van der Waals surface area (Å²) in [4.78, 5) is 13.6. The fraction of sp³-hybridized carbons (Fsp3) is 0.303. The van der Waals surface area contributed by atoms with Crippen LogP contribution in [0.2, 0.25) is 0 Å². The Morgan fingerprint density at radius 3 is 2.46 bits per heavy atom. The molecule has 0 bridgehead atoms. The molecule has 214 valence electrons. The fourth-order valence-corrected chi connectivity index (χ4v) is 6.53. The van der Waals surface area contributed by atoms with E-state index in [9.17, 15) is 13.2 Å². The van der Waals surface area contributed by atoms with Gasteiger partial charge in [0.05, 0.1) is 23.6 Å². The molecule has 1 heterocycles. The summed E-state index contributed by atoms with van der Waals surface area (Å²) in [6, 6.07) is 27.4. The first-order chi connectivity index (χ1) is 19.8. The first kappa shape index (κ1) is 28.8. The summed E-state index contributed by atoms with van der Waals surface area (Å²) < 4.78 is 35.8. The summed E-state index contributed by atoms with van der Waals surface area (Å²) >= 11 is 0. The zero-order valence-corrected chi connectivity index (χ0v) is 24.3. The smallest absolute Gasteiger partial charge is 0.241 e. The number of ether oxygens (including phenoxy) is 1. The van der Waals surface area contributed by atoms with Gasteiger partial charge < -0.3 is 15.4 Å². The molecule has 1 aliphatic heterocycles. The predicted octanol–water partition coefficient (Wildman–Crippen LogP) is 5.43. The van der Waals surface area contributed by atoms with E-state index in [0.717, 1.165) is 46.2 Å². The summed E-state index contributed by atoms with van der Waals surface area (Å²) in [6.45, 7) is 5.58. The van der Waals surface area contributed by atoms with Crippen molar-refractivity contribution in [3.05, 3.63) is 108 Å². The van der Waals surface area contributed by atoms with Gasteiger partial charge in [0, 0.05) is 24.4 Å². The van der Waals surface area contributed by atoms with Gasteiger partial charge in [-0.15, -0.1) is 0 Å². The zero-order chi connectivity index (χ0) is 28.8. The van der Waals surface area contributed by atoms with Crippen molar-refractivity contribution >= 4 is 26.7 Å². The van der Waals surface area contributed by atoms with Crippen molar-refractivity contribution in [2.24, 2.45) is 0 Å². The van der Waals surface area contributed by atoms with Crippen LogP contribution in [-0.2, 0) is 21.2 Å². The predicted molar refractivity (Wildman–Crippen MR) is 162 cm³/mol. The summed E-state index contributed by atoms with van der Waals surface area (Å²) in [6.07, 6.45) is 1.43. The lowest BCUT2D eigenvalue weighted by Crippen LogP contribution is -2.36. The van der Waals surface area contributed by atoms with E-state index >= 15 is 0 Å².